The molecular formula is C9H6N+. The van der Waals surface area contributed by atoms with E-state index in [1.807, 2.05) is 24.3 Å². The van der Waals surface area contributed by atoms with Gasteiger partial charge in [-0.05, 0) is 12.2 Å². The molecule has 2 rings (SSSR count). The number of hydrogen-bond donors (Lipinski definition) is 1. The van der Waals surface area contributed by atoms with Gasteiger partial charge in [0.15, 0.2) is 0 Å². The Hall–Kier alpha value is -1.55. The lowest BCUT2D eigenvalue weighted by Crippen LogP contribution is -2.66. The van der Waals surface area contributed by atoms with E-state index in [4.69, 9.17) is 0 Å². The normalized spacial score (nSPS) is 18.4. The molecule has 1 heterocycles. The van der Waals surface area contributed by atoms with E-state index in [-0.39, 0.29) is 0 Å². The van der Waals surface area contributed by atoms with Gasteiger partial charge < -0.3 is 0 Å². The highest BCUT2D eigenvalue weighted by Gasteiger charge is 2.08. The van der Waals surface area contributed by atoms with E-state index >= 15 is 0 Å². The first-order chi connectivity index (χ1) is 4.97. The first-order valence-electron chi connectivity index (χ1n) is 3.14. The van der Waals surface area contributed by atoms with Crippen molar-refractivity contribution in [3.8, 4) is 0 Å². The second kappa shape index (κ2) is 2.00. The molecule has 46 valence electrons. The molecule has 0 aromatic carbocycles. The number of hydrogen-bond acceptors (Lipinski definition) is 0. The van der Waals surface area contributed by atoms with Crippen LogP contribution in [0.3, 0.4) is 0 Å². The van der Waals surface area contributed by atoms with Crippen molar-refractivity contribution in [2.45, 2.75) is 0 Å². The highest BCUT2D eigenvalue weighted by atomic mass is 14.7. The summed E-state index contributed by atoms with van der Waals surface area (Å²) in [5.74, 6) is 0. The summed E-state index contributed by atoms with van der Waals surface area (Å²) in [5.41, 5.74) is 8.22. The van der Waals surface area contributed by atoms with Gasteiger partial charge in [-0.15, -0.1) is 5.73 Å². The van der Waals surface area contributed by atoms with E-state index in [0.29, 0.717) is 0 Å². The van der Waals surface area contributed by atoms with Crippen molar-refractivity contribution in [3.05, 3.63) is 47.5 Å². The Bertz CT molecular complexity index is 305. The zero-order chi connectivity index (χ0) is 6.81. The Morgan fingerprint density at radius 2 is 2.20 bits per heavy atom. The SMILES string of the molecule is C1=C[NH+]=C2C=C=CC=C2C=1. The fourth-order valence-corrected chi connectivity index (χ4v) is 0.944. The lowest BCUT2D eigenvalue weighted by atomic mass is 10.1. The van der Waals surface area contributed by atoms with Gasteiger partial charge in [0.2, 0.25) is 11.9 Å². The van der Waals surface area contributed by atoms with Gasteiger partial charge in [0.1, 0.15) is 0 Å². The van der Waals surface area contributed by atoms with Gasteiger partial charge in [-0.2, -0.15) is 0 Å². The van der Waals surface area contributed by atoms with Crippen LogP contribution in [0.4, 0.5) is 0 Å². The number of rotatable bonds is 0. The minimum atomic E-state index is 1.10. The molecule has 0 unspecified atom stereocenters. The van der Waals surface area contributed by atoms with Crippen LogP contribution in [0.5, 0.6) is 0 Å². The molecule has 1 aliphatic heterocycles. The monoisotopic (exact) mass is 128 g/mol. The summed E-state index contributed by atoms with van der Waals surface area (Å²) in [7, 11) is 0. The van der Waals surface area contributed by atoms with E-state index in [9.17, 15) is 0 Å². The molecule has 10 heavy (non-hydrogen) atoms. The molecule has 1 aliphatic carbocycles. The van der Waals surface area contributed by atoms with Crippen LogP contribution in [-0.2, 0) is 0 Å². The van der Waals surface area contributed by atoms with Crippen molar-refractivity contribution in [1.82, 2.24) is 0 Å². The molecule has 0 aromatic heterocycles. The van der Waals surface area contributed by atoms with Crippen LogP contribution >= 0.6 is 0 Å². The van der Waals surface area contributed by atoms with Gasteiger partial charge in [-0.25, -0.2) is 4.99 Å². The molecule has 0 radical (unpaired) electrons. The van der Waals surface area contributed by atoms with E-state index in [1.54, 1.807) is 6.20 Å². The Labute approximate surface area is 59.1 Å². The van der Waals surface area contributed by atoms with Crippen molar-refractivity contribution in [2.24, 2.45) is 0 Å². The average molecular weight is 128 g/mol. The number of fused-ring (bicyclic) bond motifs is 1. The van der Waals surface area contributed by atoms with Crippen molar-refractivity contribution in [2.75, 3.05) is 0 Å². The van der Waals surface area contributed by atoms with E-state index < -0.39 is 0 Å². The summed E-state index contributed by atoms with van der Waals surface area (Å²) < 4.78 is 0. The average Bonchev–Trinajstić information content (AvgIpc) is 2.05. The van der Waals surface area contributed by atoms with Crippen LogP contribution in [0, 0.1) is 0 Å². The minimum absolute atomic E-state index is 1.10. The van der Waals surface area contributed by atoms with Crippen molar-refractivity contribution < 1.29 is 4.99 Å². The van der Waals surface area contributed by atoms with Gasteiger partial charge >= 0.3 is 0 Å². The third-order valence-electron chi connectivity index (χ3n) is 1.45. The van der Waals surface area contributed by atoms with Gasteiger partial charge in [-0.1, -0.05) is 5.73 Å². The minimum Gasteiger partial charge on any atom is -0.204 e. The molecule has 1 heteroatoms. The highest BCUT2D eigenvalue weighted by Crippen LogP contribution is 2.02. The van der Waals surface area contributed by atoms with Gasteiger partial charge in [0, 0.05) is 6.08 Å². The summed E-state index contributed by atoms with van der Waals surface area (Å²) in [4.78, 5) is 3.06. The van der Waals surface area contributed by atoms with E-state index in [0.717, 1.165) is 5.71 Å². The number of nitrogens with one attached hydrogen (secondary N) is 1. The second-order valence-corrected chi connectivity index (χ2v) is 2.11. The van der Waals surface area contributed by atoms with Crippen LogP contribution in [0.2, 0.25) is 0 Å². The first kappa shape index (κ1) is 5.25. The molecule has 1 nitrogen and oxygen atoms in total. The highest BCUT2D eigenvalue weighted by molar-refractivity contribution is 6.07. The third kappa shape index (κ3) is 0.708. The van der Waals surface area contributed by atoms with Crippen LogP contribution in [0.1, 0.15) is 0 Å². The predicted molar refractivity (Wildman–Crippen MR) is 39.4 cm³/mol. The maximum Gasteiger partial charge on any atom is 0.219 e. The van der Waals surface area contributed by atoms with Crippen molar-refractivity contribution in [3.63, 3.8) is 0 Å². The van der Waals surface area contributed by atoms with E-state index in [1.165, 1.54) is 5.57 Å². The van der Waals surface area contributed by atoms with Gasteiger partial charge in [0.25, 0.3) is 0 Å². The Kier molecular flexibility index (Phi) is 1.05. The lowest BCUT2D eigenvalue weighted by Gasteiger charge is -1.96. The van der Waals surface area contributed by atoms with Crippen LogP contribution < -0.4 is 4.99 Å². The molecule has 0 spiro atoms. The number of allylic oxidation sites excluding steroid dienone is 4. The van der Waals surface area contributed by atoms with Gasteiger partial charge in [0.05, 0.1) is 11.6 Å². The predicted octanol–water partition coefficient (Wildman–Crippen LogP) is -0.158. The van der Waals surface area contributed by atoms with Crippen molar-refractivity contribution in [1.29, 1.82) is 0 Å². The molecule has 0 saturated carbocycles. The summed E-state index contributed by atoms with van der Waals surface area (Å²) in [6, 6.07) is 0. The zero-order valence-electron chi connectivity index (χ0n) is 5.39. The first-order valence-corrected chi connectivity index (χ1v) is 3.14. The Morgan fingerprint density at radius 1 is 1.20 bits per heavy atom. The van der Waals surface area contributed by atoms with Crippen LogP contribution in [0.25, 0.3) is 0 Å². The van der Waals surface area contributed by atoms with Gasteiger partial charge in [-0.3, -0.25) is 0 Å². The largest absolute Gasteiger partial charge is 0.219 e. The molecule has 0 atom stereocenters. The van der Waals surface area contributed by atoms with Crippen LogP contribution in [-0.4, -0.2) is 5.71 Å². The molecule has 0 aromatic rings. The topological polar surface area (TPSA) is 14.0 Å². The summed E-state index contributed by atoms with van der Waals surface area (Å²) in [5, 5.41) is 0. The zero-order valence-corrected chi connectivity index (χ0v) is 5.39. The standard InChI is InChI=1S/C9H5N/c1-2-6-9-8(4-1)5-3-7-10-9/h1,4-7H/p+1. The maximum atomic E-state index is 3.06. The molecule has 0 bridgehead atoms. The summed E-state index contributed by atoms with van der Waals surface area (Å²) in [6.07, 6.45) is 9.55. The molecule has 0 amide bonds. The summed E-state index contributed by atoms with van der Waals surface area (Å²) >= 11 is 0. The summed E-state index contributed by atoms with van der Waals surface area (Å²) in [6.45, 7) is 0. The lowest BCUT2D eigenvalue weighted by molar-refractivity contribution is -0.371. The Morgan fingerprint density at radius 3 is 3.10 bits per heavy atom. The van der Waals surface area contributed by atoms with Crippen molar-refractivity contribution >= 4 is 5.71 Å². The maximum absolute atomic E-state index is 3.06. The fraction of sp³-hybridized carbons (Fsp3) is 0. The molecule has 0 fully saturated rings. The van der Waals surface area contributed by atoms with E-state index in [2.05, 4.69) is 16.5 Å². The third-order valence-corrected chi connectivity index (χ3v) is 1.45. The molecular weight excluding hydrogens is 122 g/mol. The smallest absolute Gasteiger partial charge is 0.204 e. The Balaban J connectivity index is 2.63. The molecule has 2 aliphatic rings. The van der Waals surface area contributed by atoms with Crippen LogP contribution in [0.15, 0.2) is 47.5 Å². The molecule has 0 saturated heterocycles. The molecule has 1 N–H and O–H groups in total. The quantitative estimate of drug-likeness (QED) is 0.436. The second-order valence-electron chi connectivity index (χ2n) is 2.11. The fourth-order valence-electron chi connectivity index (χ4n) is 0.944.